The molecule has 0 bridgehead atoms. The number of nitrogens with one attached hydrogen (secondary N) is 1. The third-order valence-electron chi connectivity index (χ3n) is 4.64. The van der Waals surface area contributed by atoms with Crippen LogP contribution < -0.4 is 0 Å². The van der Waals surface area contributed by atoms with Crippen molar-refractivity contribution in [3.8, 4) is 0 Å². The number of carbonyl (C=O) groups excluding carboxylic acids is 2. The van der Waals surface area contributed by atoms with Gasteiger partial charge in [-0.2, -0.15) is 0 Å². The second kappa shape index (κ2) is 7.07. The number of carbonyl (C=O) groups is 2. The van der Waals surface area contributed by atoms with E-state index in [4.69, 9.17) is 4.74 Å². The van der Waals surface area contributed by atoms with Crippen molar-refractivity contribution < 1.29 is 14.3 Å². The van der Waals surface area contributed by atoms with Crippen LogP contribution in [-0.4, -0.2) is 41.5 Å². The van der Waals surface area contributed by atoms with Crippen LogP contribution in [0.5, 0.6) is 0 Å². The molecule has 1 aliphatic rings. The predicted molar refractivity (Wildman–Crippen MR) is 92.7 cm³/mol. The van der Waals surface area contributed by atoms with E-state index in [1.54, 1.807) is 0 Å². The van der Waals surface area contributed by atoms with Crippen molar-refractivity contribution in [1.29, 1.82) is 0 Å². The number of esters is 1. The third-order valence-corrected chi connectivity index (χ3v) is 4.64. The number of likely N-dealkylation sites (tertiary alicyclic amines) is 1. The fourth-order valence-corrected chi connectivity index (χ4v) is 3.35. The second-order valence-electron chi connectivity index (χ2n) is 6.46. The molecule has 0 aliphatic carbocycles. The summed E-state index contributed by atoms with van der Waals surface area (Å²) in [6.45, 7) is 5.53. The first-order valence-electron chi connectivity index (χ1n) is 8.59. The summed E-state index contributed by atoms with van der Waals surface area (Å²) < 4.78 is 5.07. The summed E-state index contributed by atoms with van der Waals surface area (Å²) in [5, 5.41) is 1.14. The van der Waals surface area contributed by atoms with Gasteiger partial charge < -0.3 is 14.6 Å². The van der Waals surface area contributed by atoms with Gasteiger partial charge in [0, 0.05) is 24.3 Å². The maximum Gasteiger partial charge on any atom is 0.309 e. The van der Waals surface area contributed by atoms with E-state index in [2.05, 4.69) is 17.1 Å². The van der Waals surface area contributed by atoms with Gasteiger partial charge in [0.25, 0.3) is 0 Å². The van der Waals surface area contributed by atoms with Crippen LogP contribution in [0.2, 0.25) is 0 Å². The van der Waals surface area contributed by atoms with Crippen molar-refractivity contribution in [3.63, 3.8) is 0 Å². The molecule has 0 unspecified atom stereocenters. The summed E-state index contributed by atoms with van der Waals surface area (Å²) in [6, 6.07) is 8.19. The molecule has 1 aliphatic heterocycles. The van der Waals surface area contributed by atoms with E-state index in [-0.39, 0.29) is 17.8 Å². The Morgan fingerprint density at radius 1 is 1.25 bits per heavy atom. The molecule has 0 saturated carbocycles. The molecule has 5 heteroatoms. The Kier molecular flexibility index (Phi) is 4.88. The Hall–Kier alpha value is -2.30. The van der Waals surface area contributed by atoms with E-state index in [1.807, 2.05) is 30.9 Å². The van der Waals surface area contributed by atoms with E-state index in [9.17, 15) is 9.59 Å². The number of fused-ring (bicyclic) bond motifs is 1. The quantitative estimate of drug-likeness (QED) is 0.878. The highest BCUT2D eigenvalue weighted by Crippen LogP contribution is 2.21. The number of ether oxygens (including phenoxy) is 1. The molecule has 3 rings (SSSR count). The number of amides is 1. The lowest BCUT2D eigenvalue weighted by atomic mass is 9.96. The Labute approximate surface area is 142 Å². The van der Waals surface area contributed by atoms with Crippen LogP contribution in [-0.2, 0) is 20.7 Å². The summed E-state index contributed by atoms with van der Waals surface area (Å²) in [5.41, 5.74) is 3.24. The minimum Gasteiger partial charge on any atom is -0.466 e. The highest BCUT2D eigenvalue weighted by Gasteiger charge is 2.28. The number of aromatic amines is 1. The Morgan fingerprint density at radius 2 is 2.00 bits per heavy atom. The number of benzene rings is 1. The number of hydrogen-bond donors (Lipinski definition) is 1. The number of aryl methyl sites for hydroxylation is 1. The van der Waals surface area contributed by atoms with E-state index in [0.717, 1.165) is 22.2 Å². The van der Waals surface area contributed by atoms with Gasteiger partial charge >= 0.3 is 5.97 Å². The number of nitrogens with zero attached hydrogens (tertiary/aromatic N) is 1. The van der Waals surface area contributed by atoms with E-state index >= 15 is 0 Å². The summed E-state index contributed by atoms with van der Waals surface area (Å²) in [7, 11) is 0. The number of H-pyrrole nitrogens is 1. The second-order valence-corrected chi connectivity index (χ2v) is 6.46. The molecule has 2 heterocycles. The molecule has 128 valence electrons. The van der Waals surface area contributed by atoms with Crippen LogP contribution in [0.25, 0.3) is 10.9 Å². The van der Waals surface area contributed by atoms with E-state index in [0.29, 0.717) is 39.0 Å². The van der Waals surface area contributed by atoms with Gasteiger partial charge in [-0.3, -0.25) is 9.59 Å². The van der Waals surface area contributed by atoms with E-state index < -0.39 is 0 Å². The molecule has 1 aromatic heterocycles. The van der Waals surface area contributed by atoms with Gasteiger partial charge in [-0.1, -0.05) is 6.07 Å². The first-order valence-corrected chi connectivity index (χ1v) is 8.59. The molecule has 0 atom stereocenters. The van der Waals surface area contributed by atoms with Crippen LogP contribution in [0.15, 0.2) is 24.3 Å². The van der Waals surface area contributed by atoms with Gasteiger partial charge in [0.2, 0.25) is 5.91 Å². The van der Waals surface area contributed by atoms with Crippen LogP contribution in [0.1, 0.15) is 31.0 Å². The zero-order valence-corrected chi connectivity index (χ0v) is 14.3. The topological polar surface area (TPSA) is 62.4 Å². The largest absolute Gasteiger partial charge is 0.466 e. The van der Waals surface area contributed by atoms with Crippen LogP contribution in [0.4, 0.5) is 0 Å². The summed E-state index contributed by atoms with van der Waals surface area (Å²) in [5.74, 6) is -0.0602. The SMILES string of the molecule is CCOC(=O)C1CCN(C(=O)Cc2ccc3[nH]c(C)cc3c2)CC1. The lowest BCUT2D eigenvalue weighted by molar-refractivity contribution is -0.151. The first-order chi connectivity index (χ1) is 11.6. The van der Waals surface area contributed by atoms with Gasteiger partial charge in [-0.25, -0.2) is 0 Å². The molecule has 5 nitrogen and oxygen atoms in total. The zero-order valence-electron chi connectivity index (χ0n) is 14.3. The number of aromatic nitrogens is 1. The molecular weight excluding hydrogens is 304 g/mol. The summed E-state index contributed by atoms with van der Waals surface area (Å²) >= 11 is 0. The fourth-order valence-electron chi connectivity index (χ4n) is 3.35. The Morgan fingerprint density at radius 3 is 2.71 bits per heavy atom. The predicted octanol–water partition coefficient (Wildman–Crippen LogP) is 2.82. The van der Waals surface area contributed by atoms with Crippen molar-refractivity contribution >= 4 is 22.8 Å². The fraction of sp³-hybridized carbons (Fsp3) is 0.474. The van der Waals surface area contributed by atoms with Crippen LogP contribution in [0, 0.1) is 12.8 Å². The molecule has 1 amide bonds. The maximum atomic E-state index is 12.5. The smallest absolute Gasteiger partial charge is 0.309 e. The van der Waals surface area contributed by atoms with Crippen molar-refractivity contribution in [3.05, 3.63) is 35.5 Å². The normalized spacial score (nSPS) is 15.7. The molecule has 24 heavy (non-hydrogen) atoms. The monoisotopic (exact) mass is 328 g/mol. The first kappa shape index (κ1) is 16.6. The van der Waals surface area contributed by atoms with Gasteiger partial charge in [0.15, 0.2) is 0 Å². The third kappa shape index (κ3) is 3.61. The van der Waals surface area contributed by atoms with Crippen LogP contribution in [0.3, 0.4) is 0 Å². The molecule has 0 radical (unpaired) electrons. The molecule has 0 spiro atoms. The molecule has 1 aromatic carbocycles. The van der Waals surface area contributed by atoms with Crippen molar-refractivity contribution in [2.75, 3.05) is 19.7 Å². The molecule has 2 aromatic rings. The molecule has 1 saturated heterocycles. The maximum absolute atomic E-state index is 12.5. The minimum atomic E-state index is -0.127. The Bertz CT molecular complexity index is 742. The number of hydrogen-bond acceptors (Lipinski definition) is 3. The van der Waals surface area contributed by atoms with Gasteiger partial charge in [0.05, 0.1) is 18.9 Å². The molecular formula is C19H24N2O3. The lowest BCUT2D eigenvalue weighted by Gasteiger charge is -2.31. The van der Waals surface area contributed by atoms with Gasteiger partial charge in [-0.05, 0) is 55.8 Å². The van der Waals surface area contributed by atoms with Crippen molar-refractivity contribution in [2.45, 2.75) is 33.1 Å². The number of piperidine rings is 1. The highest BCUT2D eigenvalue weighted by molar-refractivity contribution is 5.84. The van der Waals surface area contributed by atoms with Crippen LogP contribution >= 0.6 is 0 Å². The standard InChI is InChI=1S/C19H24N2O3/c1-3-24-19(23)15-6-8-21(9-7-15)18(22)12-14-4-5-17-16(11-14)10-13(2)20-17/h4-5,10-11,15,20H,3,6-9,12H2,1-2H3. The summed E-state index contributed by atoms with van der Waals surface area (Å²) in [6.07, 6.45) is 1.80. The van der Waals surface area contributed by atoms with E-state index in [1.165, 1.54) is 0 Å². The highest BCUT2D eigenvalue weighted by atomic mass is 16.5. The average Bonchev–Trinajstić information content (AvgIpc) is 2.94. The average molecular weight is 328 g/mol. The molecule has 1 fully saturated rings. The Balaban J connectivity index is 1.58. The zero-order chi connectivity index (χ0) is 17.1. The lowest BCUT2D eigenvalue weighted by Crippen LogP contribution is -2.41. The van der Waals surface area contributed by atoms with Gasteiger partial charge in [0.1, 0.15) is 0 Å². The van der Waals surface area contributed by atoms with Gasteiger partial charge in [-0.15, -0.1) is 0 Å². The molecule has 1 N–H and O–H groups in total. The van der Waals surface area contributed by atoms with Crippen molar-refractivity contribution in [1.82, 2.24) is 9.88 Å². The number of rotatable bonds is 4. The summed E-state index contributed by atoms with van der Waals surface area (Å²) in [4.78, 5) is 29.4. The van der Waals surface area contributed by atoms with Crippen molar-refractivity contribution in [2.24, 2.45) is 5.92 Å². The minimum absolute atomic E-state index is 0.0619.